The van der Waals surface area contributed by atoms with E-state index in [1.54, 1.807) is 0 Å². The molecule has 0 amide bonds. The Balaban J connectivity index is 1.52. The van der Waals surface area contributed by atoms with Crippen molar-refractivity contribution in [2.24, 2.45) is 0 Å². The first-order valence-electron chi connectivity index (χ1n) is 7.96. The average Bonchev–Trinajstić information content (AvgIpc) is 2.60. The lowest BCUT2D eigenvalue weighted by atomic mass is 10.2. The molecule has 122 valence electrons. The zero-order valence-corrected chi connectivity index (χ0v) is 14.4. The summed E-state index contributed by atoms with van der Waals surface area (Å²) in [5.74, 6) is 0.865. The van der Waals surface area contributed by atoms with E-state index in [4.69, 9.17) is 16.3 Å². The molecule has 0 spiro atoms. The third kappa shape index (κ3) is 4.77. The normalized spacial score (nSPS) is 10.4. The molecule has 24 heavy (non-hydrogen) atoms. The minimum atomic E-state index is 0.540. The number of aryl methyl sites for hydroxylation is 1. The van der Waals surface area contributed by atoms with E-state index in [0.717, 1.165) is 28.6 Å². The van der Waals surface area contributed by atoms with Crippen LogP contribution in [0, 0.1) is 6.92 Å². The lowest BCUT2D eigenvalue weighted by molar-refractivity contribution is 0.306. The van der Waals surface area contributed by atoms with E-state index in [9.17, 15) is 0 Å². The second kappa shape index (κ2) is 7.89. The van der Waals surface area contributed by atoms with Crippen molar-refractivity contribution in [3.8, 4) is 5.75 Å². The Morgan fingerprint density at radius 1 is 0.875 bits per heavy atom. The maximum absolute atomic E-state index is 5.88. The fourth-order valence-electron chi connectivity index (χ4n) is 2.41. The third-order valence-corrected chi connectivity index (χ3v) is 4.01. The molecule has 2 nitrogen and oxygen atoms in total. The molecule has 0 aliphatic carbocycles. The van der Waals surface area contributed by atoms with Gasteiger partial charge in [0.15, 0.2) is 0 Å². The predicted molar refractivity (Wildman–Crippen MR) is 101 cm³/mol. The highest BCUT2D eigenvalue weighted by Crippen LogP contribution is 2.17. The van der Waals surface area contributed by atoms with Crippen LogP contribution >= 0.6 is 11.6 Å². The van der Waals surface area contributed by atoms with Crippen LogP contribution in [-0.2, 0) is 13.2 Å². The minimum Gasteiger partial charge on any atom is -0.489 e. The molecule has 0 fully saturated rings. The monoisotopic (exact) mass is 337 g/mol. The Morgan fingerprint density at radius 2 is 1.58 bits per heavy atom. The summed E-state index contributed by atoms with van der Waals surface area (Å²) >= 11 is 5.88. The highest BCUT2D eigenvalue weighted by atomic mass is 35.5. The van der Waals surface area contributed by atoms with Crippen LogP contribution in [0.3, 0.4) is 0 Å². The van der Waals surface area contributed by atoms with E-state index in [0.29, 0.717) is 6.61 Å². The van der Waals surface area contributed by atoms with E-state index >= 15 is 0 Å². The van der Waals surface area contributed by atoms with E-state index in [1.165, 1.54) is 11.1 Å². The maximum Gasteiger partial charge on any atom is 0.119 e. The van der Waals surface area contributed by atoms with Crippen molar-refractivity contribution >= 4 is 17.3 Å². The van der Waals surface area contributed by atoms with Crippen LogP contribution in [0.25, 0.3) is 0 Å². The van der Waals surface area contributed by atoms with E-state index in [1.807, 2.05) is 36.4 Å². The molecule has 0 saturated heterocycles. The SMILES string of the molecule is Cc1cccc(NCc2ccc(OCc3ccc(Cl)cc3)cc2)c1. The molecule has 3 heteroatoms. The molecule has 0 unspecified atom stereocenters. The molecule has 3 rings (SSSR count). The number of ether oxygens (including phenoxy) is 1. The highest BCUT2D eigenvalue weighted by Gasteiger charge is 1.99. The van der Waals surface area contributed by atoms with Crippen molar-refractivity contribution in [3.05, 3.63) is 94.5 Å². The van der Waals surface area contributed by atoms with Crippen LogP contribution in [0.4, 0.5) is 5.69 Å². The Labute approximate surface area is 148 Å². The lowest BCUT2D eigenvalue weighted by Gasteiger charge is -2.09. The molecular weight excluding hydrogens is 318 g/mol. The van der Waals surface area contributed by atoms with Gasteiger partial charge in [-0.25, -0.2) is 0 Å². The number of benzene rings is 3. The molecule has 3 aromatic carbocycles. The number of nitrogens with one attached hydrogen (secondary N) is 1. The number of hydrogen-bond donors (Lipinski definition) is 1. The van der Waals surface area contributed by atoms with Crippen molar-refractivity contribution in [2.75, 3.05) is 5.32 Å². The fraction of sp³-hybridized carbons (Fsp3) is 0.143. The molecule has 0 aliphatic heterocycles. The number of anilines is 1. The minimum absolute atomic E-state index is 0.540. The molecule has 0 atom stereocenters. The summed E-state index contributed by atoms with van der Waals surface area (Å²) in [4.78, 5) is 0. The summed E-state index contributed by atoms with van der Waals surface area (Å²) in [7, 11) is 0. The third-order valence-electron chi connectivity index (χ3n) is 3.76. The van der Waals surface area contributed by atoms with Crippen LogP contribution in [-0.4, -0.2) is 0 Å². The Bertz CT molecular complexity index is 782. The van der Waals surface area contributed by atoms with Crippen molar-refractivity contribution in [1.29, 1.82) is 0 Å². The second-order valence-corrected chi connectivity index (χ2v) is 6.22. The Hall–Kier alpha value is -2.45. The van der Waals surface area contributed by atoms with Crippen LogP contribution < -0.4 is 10.1 Å². The van der Waals surface area contributed by atoms with Gasteiger partial charge in [-0.1, -0.05) is 48.0 Å². The molecule has 0 heterocycles. The topological polar surface area (TPSA) is 21.3 Å². The molecular formula is C21H20ClNO. The molecule has 0 aromatic heterocycles. The molecule has 0 bridgehead atoms. The first-order valence-corrected chi connectivity index (χ1v) is 8.33. The van der Waals surface area contributed by atoms with Gasteiger partial charge in [0.1, 0.15) is 12.4 Å². The predicted octanol–water partition coefficient (Wildman–Crippen LogP) is 5.84. The van der Waals surface area contributed by atoms with Crippen molar-refractivity contribution in [1.82, 2.24) is 0 Å². The second-order valence-electron chi connectivity index (χ2n) is 5.78. The highest BCUT2D eigenvalue weighted by molar-refractivity contribution is 6.30. The summed E-state index contributed by atoms with van der Waals surface area (Å²) in [6, 6.07) is 24.3. The van der Waals surface area contributed by atoms with E-state index < -0.39 is 0 Å². The number of rotatable bonds is 6. The van der Waals surface area contributed by atoms with Crippen LogP contribution in [0.5, 0.6) is 5.75 Å². The van der Waals surface area contributed by atoms with Gasteiger partial charge in [0.25, 0.3) is 0 Å². The van der Waals surface area contributed by atoms with Gasteiger partial charge in [0, 0.05) is 17.3 Å². The van der Waals surface area contributed by atoms with Crippen LogP contribution in [0.1, 0.15) is 16.7 Å². The Kier molecular flexibility index (Phi) is 5.39. The van der Waals surface area contributed by atoms with Gasteiger partial charge in [-0.05, 0) is 60.0 Å². The smallest absolute Gasteiger partial charge is 0.119 e. The summed E-state index contributed by atoms with van der Waals surface area (Å²) in [5, 5.41) is 4.17. The zero-order chi connectivity index (χ0) is 16.8. The van der Waals surface area contributed by atoms with Crippen molar-refractivity contribution < 1.29 is 4.74 Å². The molecule has 0 saturated carbocycles. The molecule has 1 N–H and O–H groups in total. The molecule has 0 radical (unpaired) electrons. The quantitative estimate of drug-likeness (QED) is 0.610. The first-order chi connectivity index (χ1) is 11.7. The molecule has 0 aliphatic rings. The summed E-state index contributed by atoms with van der Waals surface area (Å²) in [6.45, 7) is 3.43. The largest absolute Gasteiger partial charge is 0.489 e. The van der Waals surface area contributed by atoms with Crippen LogP contribution in [0.2, 0.25) is 5.02 Å². The van der Waals surface area contributed by atoms with Gasteiger partial charge in [0.05, 0.1) is 0 Å². The van der Waals surface area contributed by atoms with Gasteiger partial charge < -0.3 is 10.1 Å². The standard InChI is InChI=1S/C21H20ClNO/c1-16-3-2-4-20(13-16)23-14-17-7-11-21(12-8-17)24-15-18-5-9-19(22)10-6-18/h2-13,23H,14-15H2,1H3. The van der Waals surface area contributed by atoms with Gasteiger partial charge in [-0.2, -0.15) is 0 Å². The maximum atomic E-state index is 5.88. The van der Waals surface area contributed by atoms with Gasteiger partial charge >= 0.3 is 0 Å². The summed E-state index contributed by atoms with van der Waals surface area (Å²) in [6.07, 6.45) is 0. The van der Waals surface area contributed by atoms with Gasteiger partial charge in [-0.15, -0.1) is 0 Å². The lowest BCUT2D eigenvalue weighted by Crippen LogP contribution is -2.00. The van der Waals surface area contributed by atoms with Gasteiger partial charge in [-0.3, -0.25) is 0 Å². The van der Waals surface area contributed by atoms with Crippen molar-refractivity contribution in [3.63, 3.8) is 0 Å². The first kappa shape index (κ1) is 16.4. The molecule has 3 aromatic rings. The fourth-order valence-corrected chi connectivity index (χ4v) is 2.54. The zero-order valence-electron chi connectivity index (χ0n) is 13.6. The number of hydrogen-bond acceptors (Lipinski definition) is 2. The van der Waals surface area contributed by atoms with E-state index in [2.05, 4.69) is 48.6 Å². The summed E-state index contributed by atoms with van der Waals surface area (Å²) < 4.78 is 5.80. The average molecular weight is 338 g/mol. The van der Waals surface area contributed by atoms with Gasteiger partial charge in [0.2, 0.25) is 0 Å². The van der Waals surface area contributed by atoms with Crippen LogP contribution in [0.15, 0.2) is 72.8 Å². The van der Waals surface area contributed by atoms with Crippen molar-refractivity contribution in [2.45, 2.75) is 20.1 Å². The van der Waals surface area contributed by atoms with E-state index in [-0.39, 0.29) is 0 Å². The Morgan fingerprint density at radius 3 is 2.29 bits per heavy atom. The summed E-state index contributed by atoms with van der Waals surface area (Å²) in [5.41, 5.74) is 4.71. The number of halogens is 1.